The van der Waals surface area contributed by atoms with Crippen LogP contribution in [0.15, 0.2) is 6.20 Å². The number of fused-ring (bicyclic) bond motifs is 2. The van der Waals surface area contributed by atoms with Crippen molar-refractivity contribution in [1.82, 2.24) is 20.1 Å². The second kappa shape index (κ2) is 6.04. The number of aryl methyl sites for hydroxylation is 1. The Morgan fingerprint density at radius 3 is 3.00 bits per heavy atom. The number of carbonyl (C=O) groups excluding carboxylic acids is 1. The third-order valence-corrected chi connectivity index (χ3v) is 4.08. The Labute approximate surface area is 129 Å². The van der Waals surface area contributed by atoms with Crippen LogP contribution in [-0.2, 0) is 17.6 Å². The quantitative estimate of drug-likeness (QED) is 0.856. The number of nitrogens with one attached hydrogen (secondary N) is 1. The lowest BCUT2D eigenvalue weighted by Crippen LogP contribution is -2.28. The summed E-state index contributed by atoms with van der Waals surface area (Å²) in [6.07, 6.45) is 4.68. The van der Waals surface area contributed by atoms with Gasteiger partial charge in [0.2, 0.25) is 0 Å². The lowest BCUT2D eigenvalue weighted by molar-refractivity contribution is 0.0938. The summed E-state index contributed by atoms with van der Waals surface area (Å²) in [5.41, 5.74) is 3.70. The molecule has 0 fully saturated rings. The molecule has 0 aromatic carbocycles. The molecule has 0 spiro atoms. The summed E-state index contributed by atoms with van der Waals surface area (Å²) in [6, 6.07) is 0.217. The summed E-state index contributed by atoms with van der Waals surface area (Å²) >= 11 is 0. The van der Waals surface area contributed by atoms with E-state index in [1.165, 1.54) is 0 Å². The van der Waals surface area contributed by atoms with Crippen molar-refractivity contribution >= 4 is 16.9 Å². The van der Waals surface area contributed by atoms with Gasteiger partial charge in [-0.3, -0.25) is 4.79 Å². The Morgan fingerprint density at radius 1 is 1.45 bits per heavy atom. The summed E-state index contributed by atoms with van der Waals surface area (Å²) in [7, 11) is 1.63. The van der Waals surface area contributed by atoms with Gasteiger partial charge < -0.3 is 10.1 Å². The van der Waals surface area contributed by atoms with E-state index in [0.29, 0.717) is 13.2 Å². The van der Waals surface area contributed by atoms with Crippen molar-refractivity contribution < 1.29 is 9.53 Å². The van der Waals surface area contributed by atoms with Crippen molar-refractivity contribution in [2.24, 2.45) is 0 Å². The van der Waals surface area contributed by atoms with Crippen LogP contribution in [0.25, 0.3) is 11.0 Å². The maximum atomic E-state index is 12.6. The molecule has 0 unspecified atom stereocenters. The van der Waals surface area contributed by atoms with Crippen LogP contribution in [0.2, 0.25) is 0 Å². The fraction of sp³-hybridized carbons (Fsp3) is 0.562. The van der Waals surface area contributed by atoms with Crippen molar-refractivity contribution in [2.45, 2.75) is 39.2 Å². The fourth-order valence-electron chi connectivity index (χ4n) is 3.05. The van der Waals surface area contributed by atoms with Gasteiger partial charge in [-0.25, -0.2) is 9.67 Å². The van der Waals surface area contributed by atoms with Crippen LogP contribution in [0.4, 0.5) is 0 Å². The molecule has 1 amide bonds. The molecule has 0 radical (unpaired) electrons. The Hall–Kier alpha value is -1.95. The molecule has 0 saturated heterocycles. The van der Waals surface area contributed by atoms with Crippen molar-refractivity contribution in [3.05, 3.63) is 23.0 Å². The fourth-order valence-corrected chi connectivity index (χ4v) is 3.05. The molecular formula is C16H22N4O2. The van der Waals surface area contributed by atoms with Crippen molar-refractivity contribution in [2.75, 3.05) is 20.3 Å². The van der Waals surface area contributed by atoms with Crippen LogP contribution in [0.5, 0.6) is 0 Å². The number of aromatic nitrogens is 3. The molecule has 1 N–H and O–H groups in total. The van der Waals surface area contributed by atoms with Crippen molar-refractivity contribution in [3.8, 4) is 0 Å². The molecule has 0 atom stereocenters. The third kappa shape index (κ3) is 2.47. The number of methoxy groups -OCH3 is 1. The minimum absolute atomic E-state index is 0.0501. The van der Waals surface area contributed by atoms with Gasteiger partial charge in [0, 0.05) is 25.4 Å². The van der Waals surface area contributed by atoms with E-state index in [2.05, 4.69) is 24.3 Å². The molecular weight excluding hydrogens is 280 g/mol. The average Bonchev–Trinajstić information content (AvgIpc) is 3.10. The lowest BCUT2D eigenvalue weighted by Gasteiger charge is -2.12. The Bertz CT molecular complexity index is 706. The predicted octanol–water partition coefficient (Wildman–Crippen LogP) is 1.88. The molecule has 1 aliphatic rings. The first kappa shape index (κ1) is 15.0. The van der Waals surface area contributed by atoms with E-state index in [0.717, 1.165) is 47.1 Å². The third-order valence-electron chi connectivity index (χ3n) is 4.08. The molecule has 1 aliphatic carbocycles. The standard InChI is InChI=1S/C16H22N4O2/c1-10(2)20-15-12(9-18-20)14(16(21)17-7-8-22-3)11-5-4-6-13(11)19-15/h9-10H,4-8H2,1-3H3,(H,17,21). The predicted molar refractivity (Wildman–Crippen MR) is 84.1 cm³/mol. The molecule has 2 aromatic heterocycles. The lowest BCUT2D eigenvalue weighted by atomic mass is 10.0. The van der Waals surface area contributed by atoms with Crippen LogP contribution in [0.3, 0.4) is 0 Å². The topological polar surface area (TPSA) is 69.0 Å². The molecule has 2 aromatic rings. The molecule has 0 aliphatic heterocycles. The van der Waals surface area contributed by atoms with Gasteiger partial charge in [-0.2, -0.15) is 5.10 Å². The van der Waals surface area contributed by atoms with Gasteiger partial charge in [-0.15, -0.1) is 0 Å². The Morgan fingerprint density at radius 2 is 2.27 bits per heavy atom. The minimum Gasteiger partial charge on any atom is -0.383 e. The van der Waals surface area contributed by atoms with E-state index < -0.39 is 0 Å². The van der Waals surface area contributed by atoms with Gasteiger partial charge in [-0.05, 0) is 38.7 Å². The van der Waals surface area contributed by atoms with Gasteiger partial charge in [0.05, 0.1) is 23.8 Å². The van der Waals surface area contributed by atoms with Gasteiger partial charge in [0.1, 0.15) is 0 Å². The summed E-state index contributed by atoms with van der Waals surface area (Å²) in [5, 5.41) is 8.21. The van der Waals surface area contributed by atoms with Gasteiger partial charge in [-0.1, -0.05) is 0 Å². The molecule has 6 nitrogen and oxygen atoms in total. The average molecular weight is 302 g/mol. The summed E-state index contributed by atoms with van der Waals surface area (Å²) in [6.45, 7) is 5.15. The zero-order chi connectivity index (χ0) is 15.7. The zero-order valence-electron chi connectivity index (χ0n) is 13.3. The van der Waals surface area contributed by atoms with E-state index in [4.69, 9.17) is 9.72 Å². The second-order valence-corrected chi connectivity index (χ2v) is 5.93. The second-order valence-electron chi connectivity index (χ2n) is 5.93. The van der Waals surface area contributed by atoms with Crippen LogP contribution in [0.1, 0.15) is 47.9 Å². The van der Waals surface area contributed by atoms with Gasteiger partial charge in [0.25, 0.3) is 5.91 Å². The molecule has 0 bridgehead atoms. The van der Waals surface area contributed by atoms with E-state index in [1.807, 2.05) is 4.68 Å². The number of rotatable bonds is 5. The first-order chi connectivity index (χ1) is 10.6. The smallest absolute Gasteiger partial charge is 0.252 e. The molecule has 2 heterocycles. The van der Waals surface area contributed by atoms with Gasteiger partial charge in [0.15, 0.2) is 5.65 Å². The van der Waals surface area contributed by atoms with E-state index in [9.17, 15) is 4.79 Å². The molecule has 22 heavy (non-hydrogen) atoms. The summed E-state index contributed by atoms with van der Waals surface area (Å²) in [4.78, 5) is 17.4. The number of hydrogen-bond acceptors (Lipinski definition) is 4. The molecule has 118 valence electrons. The van der Waals surface area contributed by atoms with Crippen molar-refractivity contribution in [3.63, 3.8) is 0 Å². The van der Waals surface area contributed by atoms with E-state index in [1.54, 1.807) is 13.3 Å². The normalized spacial score (nSPS) is 13.8. The number of pyridine rings is 1. The zero-order valence-corrected chi connectivity index (χ0v) is 13.3. The maximum Gasteiger partial charge on any atom is 0.252 e. The Kier molecular flexibility index (Phi) is 4.11. The molecule has 0 saturated carbocycles. The van der Waals surface area contributed by atoms with E-state index in [-0.39, 0.29) is 11.9 Å². The summed E-state index contributed by atoms with van der Waals surface area (Å²) < 4.78 is 6.89. The van der Waals surface area contributed by atoms with E-state index >= 15 is 0 Å². The minimum atomic E-state index is -0.0501. The monoisotopic (exact) mass is 302 g/mol. The SMILES string of the molecule is COCCNC(=O)c1c2c(nc3c1cnn3C(C)C)CCC2. The highest BCUT2D eigenvalue weighted by atomic mass is 16.5. The molecule has 3 rings (SSSR count). The van der Waals surface area contributed by atoms with Crippen molar-refractivity contribution in [1.29, 1.82) is 0 Å². The van der Waals surface area contributed by atoms with Crippen LogP contribution < -0.4 is 5.32 Å². The number of ether oxygens (including phenoxy) is 1. The van der Waals surface area contributed by atoms with Crippen LogP contribution in [0, 0.1) is 0 Å². The first-order valence-electron chi connectivity index (χ1n) is 7.79. The Balaban J connectivity index is 2.09. The maximum absolute atomic E-state index is 12.6. The largest absolute Gasteiger partial charge is 0.383 e. The van der Waals surface area contributed by atoms with Gasteiger partial charge >= 0.3 is 0 Å². The summed E-state index contributed by atoms with van der Waals surface area (Å²) in [5.74, 6) is -0.0501. The number of hydrogen-bond donors (Lipinski definition) is 1. The van der Waals surface area contributed by atoms with Crippen LogP contribution >= 0.6 is 0 Å². The number of nitrogens with zero attached hydrogens (tertiary/aromatic N) is 3. The highest BCUT2D eigenvalue weighted by Crippen LogP contribution is 2.30. The number of amides is 1. The molecule has 6 heteroatoms. The number of carbonyl (C=O) groups is 1. The van der Waals surface area contributed by atoms with Crippen LogP contribution in [-0.4, -0.2) is 40.9 Å². The first-order valence-corrected chi connectivity index (χ1v) is 7.79. The highest BCUT2D eigenvalue weighted by molar-refractivity contribution is 6.07. The highest BCUT2D eigenvalue weighted by Gasteiger charge is 2.25.